The molecule has 2 N–H and O–H groups in total. The Balaban J connectivity index is 0.000000553. The monoisotopic (exact) mass is 450 g/mol. The molecule has 9 nitrogen and oxygen atoms in total. The van der Waals surface area contributed by atoms with Crippen molar-refractivity contribution >= 4 is 29.2 Å². The highest BCUT2D eigenvalue weighted by atomic mass is 32.1. The fourth-order valence-corrected chi connectivity index (χ4v) is 2.63. The number of aliphatic carboxylic acids is 1. The summed E-state index contributed by atoms with van der Waals surface area (Å²) in [5, 5.41) is 17.0. The predicted molar refractivity (Wildman–Crippen MR) is 107 cm³/mol. The van der Waals surface area contributed by atoms with Crippen LogP contribution in [0.15, 0.2) is 23.8 Å². The second kappa shape index (κ2) is 11.5. The molecule has 168 valence electrons. The lowest BCUT2D eigenvalue weighted by molar-refractivity contribution is -0.192. The lowest BCUT2D eigenvalue weighted by atomic mass is 10.2. The summed E-state index contributed by atoms with van der Waals surface area (Å²) >= 11 is 1.49. The van der Waals surface area contributed by atoms with Crippen molar-refractivity contribution in [2.24, 2.45) is 5.92 Å². The zero-order valence-corrected chi connectivity index (χ0v) is 17.9. The van der Waals surface area contributed by atoms with Crippen LogP contribution in [0.5, 0.6) is 0 Å². The molecule has 0 aliphatic rings. The molecule has 0 aliphatic heterocycles. The number of carboxylic acids is 1. The number of anilines is 1. The zero-order chi connectivity index (χ0) is 22.9. The van der Waals surface area contributed by atoms with Gasteiger partial charge >= 0.3 is 18.2 Å². The molecule has 0 saturated carbocycles. The minimum atomic E-state index is -5.08. The summed E-state index contributed by atoms with van der Waals surface area (Å²) in [4.78, 5) is 29.5. The molecular formula is C17H25F3N6O3S. The molecule has 2 aromatic heterocycles. The van der Waals surface area contributed by atoms with Crippen molar-refractivity contribution in [3.8, 4) is 5.13 Å². The van der Waals surface area contributed by atoms with E-state index in [2.05, 4.69) is 34.1 Å². The highest BCUT2D eigenvalue weighted by molar-refractivity contribution is 7.12. The normalized spacial score (nSPS) is 11.2. The van der Waals surface area contributed by atoms with Gasteiger partial charge in [0.2, 0.25) is 5.13 Å². The number of thiazole rings is 1. The zero-order valence-electron chi connectivity index (χ0n) is 17.0. The number of rotatable bonds is 7. The number of nitrogens with zero attached hydrogens (tertiary/aromatic N) is 5. The van der Waals surface area contributed by atoms with Gasteiger partial charge in [-0.15, -0.1) is 16.4 Å². The van der Waals surface area contributed by atoms with Crippen molar-refractivity contribution in [3.05, 3.63) is 23.8 Å². The quantitative estimate of drug-likeness (QED) is 0.672. The molecule has 2 heterocycles. The van der Waals surface area contributed by atoms with Gasteiger partial charge in [0.1, 0.15) is 0 Å². The molecule has 0 saturated heterocycles. The number of aromatic nitrogens is 3. The van der Waals surface area contributed by atoms with Gasteiger partial charge in [-0.3, -0.25) is 5.32 Å². The van der Waals surface area contributed by atoms with E-state index in [4.69, 9.17) is 9.90 Å². The standard InChI is InChI=1S/C15H24N6OS.C2HF3O2/c1-12(2)11-20(9-8-19(3)4)14(22)17-13-5-7-21(18-13)15-16-6-10-23-15;3-2(4,5)1(6)7/h5-7,10,12H,8-9,11H2,1-4H3,(H,17,18,22);(H,6,7). The molecule has 2 rings (SSSR count). The average molecular weight is 450 g/mol. The van der Waals surface area contributed by atoms with Gasteiger partial charge < -0.3 is 14.9 Å². The number of likely N-dealkylation sites (N-methyl/N-ethyl adjacent to an activating group) is 1. The Morgan fingerprint density at radius 2 is 1.93 bits per heavy atom. The van der Waals surface area contributed by atoms with Gasteiger partial charge in [0.25, 0.3) is 0 Å². The van der Waals surface area contributed by atoms with E-state index in [1.165, 1.54) is 11.3 Å². The van der Waals surface area contributed by atoms with Crippen molar-refractivity contribution < 1.29 is 27.9 Å². The van der Waals surface area contributed by atoms with Gasteiger partial charge in [0.05, 0.1) is 0 Å². The molecule has 13 heteroatoms. The van der Waals surface area contributed by atoms with Crippen LogP contribution in [0.2, 0.25) is 0 Å². The van der Waals surface area contributed by atoms with E-state index in [9.17, 15) is 18.0 Å². The number of hydrogen-bond donors (Lipinski definition) is 2. The number of halogens is 3. The van der Waals surface area contributed by atoms with Crippen LogP contribution in [-0.2, 0) is 4.79 Å². The van der Waals surface area contributed by atoms with Crippen molar-refractivity contribution in [3.63, 3.8) is 0 Å². The SMILES string of the molecule is CC(C)CN(CCN(C)C)C(=O)Nc1ccn(-c2nccs2)n1.O=C(O)C(F)(F)F. The number of carboxylic acid groups (broad SMARTS) is 1. The maximum absolute atomic E-state index is 12.5. The molecule has 0 unspecified atom stereocenters. The van der Waals surface area contributed by atoms with Gasteiger partial charge in [0, 0.05) is 43.5 Å². The van der Waals surface area contributed by atoms with Crippen LogP contribution in [0.3, 0.4) is 0 Å². The number of amides is 2. The van der Waals surface area contributed by atoms with E-state index in [-0.39, 0.29) is 6.03 Å². The van der Waals surface area contributed by atoms with Crippen LogP contribution in [0.1, 0.15) is 13.8 Å². The van der Waals surface area contributed by atoms with Crippen molar-refractivity contribution in [1.82, 2.24) is 24.6 Å². The first-order chi connectivity index (χ1) is 13.9. The molecule has 0 atom stereocenters. The van der Waals surface area contributed by atoms with Crippen LogP contribution in [0, 0.1) is 5.92 Å². The van der Waals surface area contributed by atoms with Gasteiger partial charge in [0.15, 0.2) is 5.82 Å². The van der Waals surface area contributed by atoms with E-state index in [1.807, 2.05) is 24.4 Å². The Morgan fingerprint density at radius 3 is 2.40 bits per heavy atom. The molecule has 0 aliphatic carbocycles. The van der Waals surface area contributed by atoms with Crippen LogP contribution in [-0.4, -0.2) is 81.6 Å². The molecule has 30 heavy (non-hydrogen) atoms. The Labute approximate surface area is 176 Å². The van der Waals surface area contributed by atoms with Crippen LogP contribution < -0.4 is 5.32 Å². The first-order valence-corrected chi connectivity index (χ1v) is 9.74. The summed E-state index contributed by atoms with van der Waals surface area (Å²) in [6, 6.07) is 1.66. The smallest absolute Gasteiger partial charge is 0.475 e. The van der Waals surface area contributed by atoms with E-state index in [0.29, 0.717) is 24.8 Å². The highest BCUT2D eigenvalue weighted by Gasteiger charge is 2.38. The minimum absolute atomic E-state index is 0.120. The molecule has 0 spiro atoms. The molecule has 0 fully saturated rings. The Kier molecular flexibility index (Phi) is 9.72. The number of alkyl halides is 3. The van der Waals surface area contributed by atoms with Gasteiger partial charge in [-0.1, -0.05) is 13.8 Å². The van der Waals surface area contributed by atoms with Gasteiger partial charge in [-0.05, 0) is 20.0 Å². The molecule has 2 amide bonds. The fraction of sp³-hybridized carbons (Fsp3) is 0.529. The topological polar surface area (TPSA) is 104 Å². The summed E-state index contributed by atoms with van der Waals surface area (Å²) in [6.07, 6.45) is -1.56. The number of hydrogen-bond acceptors (Lipinski definition) is 6. The van der Waals surface area contributed by atoms with Crippen LogP contribution in [0.25, 0.3) is 5.13 Å². The van der Waals surface area contributed by atoms with Crippen LogP contribution >= 0.6 is 11.3 Å². The first-order valence-electron chi connectivity index (χ1n) is 8.86. The summed E-state index contributed by atoms with van der Waals surface area (Å²) < 4.78 is 33.4. The molecular weight excluding hydrogens is 425 g/mol. The summed E-state index contributed by atoms with van der Waals surface area (Å²) in [6.45, 7) is 6.44. The molecule has 2 aromatic rings. The number of nitrogens with one attached hydrogen (secondary N) is 1. The first kappa shape index (κ1) is 25.4. The van der Waals surface area contributed by atoms with Crippen molar-refractivity contribution in [2.45, 2.75) is 20.0 Å². The molecule has 0 aromatic carbocycles. The Hall–Kier alpha value is -2.67. The predicted octanol–water partition coefficient (Wildman–Crippen LogP) is 3.01. The number of urea groups is 1. The Bertz CT molecular complexity index is 793. The lowest BCUT2D eigenvalue weighted by Gasteiger charge is -2.25. The maximum atomic E-state index is 12.5. The van der Waals surface area contributed by atoms with E-state index < -0.39 is 12.1 Å². The second-order valence-electron chi connectivity index (χ2n) is 6.84. The summed E-state index contributed by atoms with van der Waals surface area (Å²) in [7, 11) is 4.00. The summed E-state index contributed by atoms with van der Waals surface area (Å²) in [5.74, 6) is -1.81. The van der Waals surface area contributed by atoms with E-state index in [1.54, 1.807) is 23.1 Å². The second-order valence-corrected chi connectivity index (χ2v) is 7.71. The lowest BCUT2D eigenvalue weighted by Crippen LogP contribution is -2.41. The highest BCUT2D eigenvalue weighted by Crippen LogP contribution is 2.14. The number of carbonyl (C=O) groups is 2. The van der Waals surface area contributed by atoms with Crippen LogP contribution in [0.4, 0.5) is 23.8 Å². The third kappa shape index (κ3) is 9.22. The third-order valence-electron chi connectivity index (χ3n) is 3.37. The maximum Gasteiger partial charge on any atom is 0.490 e. The van der Waals surface area contributed by atoms with E-state index in [0.717, 1.165) is 11.7 Å². The van der Waals surface area contributed by atoms with Gasteiger partial charge in [-0.25, -0.2) is 19.3 Å². The largest absolute Gasteiger partial charge is 0.490 e. The van der Waals surface area contributed by atoms with E-state index >= 15 is 0 Å². The third-order valence-corrected chi connectivity index (χ3v) is 4.13. The van der Waals surface area contributed by atoms with Gasteiger partial charge in [-0.2, -0.15) is 13.2 Å². The summed E-state index contributed by atoms with van der Waals surface area (Å²) in [5.41, 5.74) is 0. The molecule has 0 bridgehead atoms. The van der Waals surface area contributed by atoms with Crippen molar-refractivity contribution in [2.75, 3.05) is 39.0 Å². The fourth-order valence-electron chi connectivity index (χ4n) is 2.05. The van der Waals surface area contributed by atoms with Crippen molar-refractivity contribution in [1.29, 1.82) is 0 Å². The Morgan fingerprint density at radius 1 is 1.30 bits per heavy atom. The average Bonchev–Trinajstić information content (AvgIpc) is 3.29. The number of carbonyl (C=O) groups excluding carboxylic acids is 1. The minimum Gasteiger partial charge on any atom is -0.475 e. The molecule has 0 radical (unpaired) electrons.